The molecule has 0 bridgehead atoms. The summed E-state index contributed by atoms with van der Waals surface area (Å²) < 4.78 is 10.8. The topological polar surface area (TPSA) is 55.8 Å². The second kappa shape index (κ2) is 9.68. The number of phenolic OH excluding ortho intramolecular Hbond substituents is 1. The summed E-state index contributed by atoms with van der Waals surface area (Å²) in [6.07, 6.45) is 1.18. The molecular weight excluding hydrogens is 390 g/mol. The second-order valence-electron chi connectivity index (χ2n) is 6.15. The minimum Gasteiger partial charge on any atom is -0.507 e. The maximum absolute atomic E-state index is 12.5. The number of carbonyl (C=O) groups excluding carboxylic acids is 1. The Kier molecular flexibility index (Phi) is 7.03. The third-order valence-corrected chi connectivity index (χ3v) is 5.29. The largest absolute Gasteiger partial charge is 0.507 e. The van der Waals surface area contributed by atoms with Gasteiger partial charge >= 0.3 is 5.97 Å². The summed E-state index contributed by atoms with van der Waals surface area (Å²) in [7, 11) is 3.20. The van der Waals surface area contributed by atoms with Gasteiger partial charge in [-0.3, -0.25) is 0 Å². The molecule has 0 radical (unpaired) electrons. The number of hydrogen-bond acceptors (Lipinski definition) is 4. The van der Waals surface area contributed by atoms with Crippen molar-refractivity contribution in [2.75, 3.05) is 13.0 Å². The van der Waals surface area contributed by atoms with Crippen LogP contribution in [-0.2, 0) is 6.42 Å². The molecule has 4 nitrogen and oxygen atoms in total. The van der Waals surface area contributed by atoms with Crippen LogP contribution in [0.15, 0.2) is 66.7 Å². The molecule has 3 aromatic rings. The molecule has 0 heterocycles. The normalized spacial score (nSPS) is 10.9. The van der Waals surface area contributed by atoms with Gasteiger partial charge in [0.1, 0.15) is 29.2 Å². The molecule has 0 saturated carbocycles. The van der Waals surface area contributed by atoms with E-state index in [4.69, 9.17) is 9.47 Å². The van der Waals surface area contributed by atoms with Gasteiger partial charge < -0.3 is 14.6 Å². The van der Waals surface area contributed by atoms with Crippen molar-refractivity contribution >= 4 is 29.1 Å². The van der Waals surface area contributed by atoms with E-state index in [0.717, 1.165) is 16.9 Å². The summed E-state index contributed by atoms with van der Waals surface area (Å²) in [5.41, 5.74) is 2.14. The predicted octanol–water partition coefficient (Wildman–Crippen LogP) is 4.35. The fourth-order valence-corrected chi connectivity index (χ4v) is 3.44. The molecule has 0 aliphatic rings. The molecule has 0 amide bonds. The molecule has 0 fully saturated rings. The molecule has 0 saturated heterocycles. The van der Waals surface area contributed by atoms with Crippen LogP contribution in [0.25, 0.3) is 0 Å². The Labute approximate surface area is 168 Å². The summed E-state index contributed by atoms with van der Waals surface area (Å²) >= 11 is 0. The standard InChI is InChI=1S/C22H22O4P2/c1-28-19-9-7-18(8-10-19)26-22(24)20-13-16(4-11-21(20)23)12-15-2-5-17(6-3-15)25-14-27/h2-11,13,23,28H,12,14,27H2,1H3. The first-order valence-corrected chi connectivity index (χ1v) is 11.1. The second-order valence-corrected chi connectivity index (χ2v) is 7.56. The number of aromatic hydroxyl groups is 1. The van der Waals surface area contributed by atoms with Gasteiger partial charge in [0.05, 0.1) is 0 Å². The Morgan fingerprint density at radius 2 is 1.61 bits per heavy atom. The van der Waals surface area contributed by atoms with Gasteiger partial charge in [0.2, 0.25) is 0 Å². The SMILES string of the molecule is CPc1ccc(OC(=O)c2cc(Cc3ccc(OCP)cc3)ccc2O)cc1. The van der Waals surface area contributed by atoms with Crippen molar-refractivity contribution in [3.8, 4) is 17.2 Å². The van der Waals surface area contributed by atoms with Crippen molar-refractivity contribution in [3.05, 3.63) is 83.4 Å². The summed E-state index contributed by atoms with van der Waals surface area (Å²) in [6.45, 7) is 2.09. The molecule has 2 unspecified atom stereocenters. The lowest BCUT2D eigenvalue weighted by Gasteiger charge is -2.09. The number of phenols is 1. The summed E-state index contributed by atoms with van der Waals surface area (Å²) in [4.78, 5) is 12.5. The van der Waals surface area contributed by atoms with E-state index in [2.05, 4.69) is 15.9 Å². The van der Waals surface area contributed by atoms with Crippen molar-refractivity contribution in [3.63, 3.8) is 0 Å². The zero-order valence-corrected chi connectivity index (χ0v) is 17.7. The van der Waals surface area contributed by atoms with Gasteiger partial charge in [0.15, 0.2) is 0 Å². The predicted molar refractivity (Wildman–Crippen MR) is 118 cm³/mol. The van der Waals surface area contributed by atoms with E-state index in [1.807, 2.05) is 36.4 Å². The van der Waals surface area contributed by atoms with Crippen LogP contribution >= 0.6 is 17.8 Å². The third kappa shape index (κ3) is 5.32. The number of rotatable bonds is 7. The molecule has 0 aliphatic heterocycles. The monoisotopic (exact) mass is 412 g/mol. The fourth-order valence-electron chi connectivity index (χ4n) is 2.74. The molecule has 0 spiro atoms. The summed E-state index contributed by atoms with van der Waals surface area (Å²) in [6, 6.07) is 20.2. The smallest absolute Gasteiger partial charge is 0.347 e. The first kappa shape index (κ1) is 20.3. The summed E-state index contributed by atoms with van der Waals surface area (Å²) in [5, 5.41) is 11.3. The highest BCUT2D eigenvalue weighted by Crippen LogP contribution is 2.23. The quantitative estimate of drug-likeness (QED) is 0.356. The zero-order chi connectivity index (χ0) is 19.9. The third-order valence-electron chi connectivity index (χ3n) is 4.22. The first-order valence-electron chi connectivity index (χ1n) is 8.82. The van der Waals surface area contributed by atoms with Crippen LogP contribution in [0, 0.1) is 0 Å². The van der Waals surface area contributed by atoms with Crippen molar-refractivity contribution in [2.45, 2.75) is 6.42 Å². The van der Waals surface area contributed by atoms with Crippen LogP contribution in [-0.4, -0.2) is 24.1 Å². The fraction of sp³-hybridized carbons (Fsp3) is 0.136. The zero-order valence-electron chi connectivity index (χ0n) is 15.5. The van der Waals surface area contributed by atoms with E-state index in [-0.39, 0.29) is 11.3 Å². The highest BCUT2D eigenvalue weighted by molar-refractivity contribution is 7.46. The van der Waals surface area contributed by atoms with Gasteiger partial charge in [-0.15, -0.1) is 0 Å². The average Bonchev–Trinajstić information content (AvgIpc) is 2.71. The number of carbonyl (C=O) groups is 1. The lowest BCUT2D eigenvalue weighted by Crippen LogP contribution is -2.10. The van der Waals surface area contributed by atoms with E-state index in [1.165, 1.54) is 11.4 Å². The molecule has 3 rings (SSSR count). The van der Waals surface area contributed by atoms with Crippen LogP contribution in [0.4, 0.5) is 0 Å². The lowest BCUT2D eigenvalue weighted by molar-refractivity contribution is 0.0731. The first-order chi connectivity index (χ1) is 13.6. The van der Waals surface area contributed by atoms with Gasteiger partial charge in [-0.1, -0.05) is 48.2 Å². The molecule has 1 N–H and O–H groups in total. The number of ether oxygens (including phenoxy) is 2. The Morgan fingerprint density at radius 3 is 2.25 bits per heavy atom. The minimum absolute atomic E-state index is 0.0930. The highest BCUT2D eigenvalue weighted by Gasteiger charge is 2.15. The maximum atomic E-state index is 12.5. The highest BCUT2D eigenvalue weighted by atomic mass is 31.1. The minimum atomic E-state index is -0.574. The van der Waals surface area contributed by atoms with E-state index in [0.29, 0.717) is 27.1 Å². The van der Waals surface area contributed by atoms with E-state index in [1.54, 1.807) is 24.3 Å². The van der Waals surface area contributed by atoms with Crippen molar-refractivity contribution in [1.82, 2.24) is 0 Å². The molecule has 0 aliphatic carbocycles. The van der Waals surface area contributed by atoms with Crippen LogP contribution in [0.3, 0.4) is 0 Å². The lowest BCUT2D eigenvalue weighted by atomic mass is 10.0. The van der Waals surface area contributed by atoms with Gasteiger partial charge in [0.25, 0.3) is 0 Å². The number of esters is 1. The Balaban J connectivity index is 1.73. The Morgan fingerprint density at radius 1 is 0.964 bits per heavy atom. The van der Waals surface area contributed by atoms with Gasteiger partial charge in [-0.25, -0.2) is 4.79 Å². The maximum Gasteiger partial charge on any atom is 0.347 e. The van der Waals surface area contributed by atoms with E-state index in [9.17, 15) is 9.90 Å². The molecule has 144 valence electrons. The number of benzene rings is 3. The molecular formula is C22H22O4P2. The number of hydrogen-bond donors (Lipinski definition) is 1. The van der Waals surface area contributed by atoms with E-state index < -0.39 is 5.97 Å². The van der Waals surface area contributed by atoms with Crippen LogP contribution in [0.5, 0.6) is 17.2 Å². The summed E-state index contributed by atoms with van der Waals surface area (Å²) in [5.74, 6) is 0.602. The van der Waals surface area contributed by atoms with Crippen molar-refractivity contribution in [2.24, 2.45) is 0 Å². The Bertz CT molecular complexity index is 938. The molecule has 3 aromatic carbocycles. The Hall–Kier alpha value is -2.41. The van der Waals surface area contributed by atoms with Gasteiger partial charge in [0, 0.05) is 0 Å². The molecule has 2 atom stereocenters. The molecule has 6 heteroatoms. The van der Waals surface area contributed by atoms with Crippen molar-refractivity contribution < 1.29 is 19.4 Å². The van der Waals surface area contributed by atoms with Gasteiger partial charge in [-0.05, 0) is 65.9 Å². The molecule has 0 aromatic heterocycles. The van der Waals surface area contributed by atoms with Crippen LogP contribution in [0.1, 0.15) is 21.5 Å². The van der Waals surface area contributed by atoms with Crippen LogP contribution < -0.4 is 14.8 Å². The van der Waals surface area contributed by atoms with Gasteiger partial charge in [-0.2, -0.15) is 0 Å². The van der Waals surface area contributed by atoms with Crippen molar-refractivity contribution in [1.29, 1.82) is 0 Å². The van der Waals surface area contributed by atoms with E-state index >= 15 is 0 Å². The molecule has 28 heavy (non-hydrogen) atoms. The average molecular weight is 412 g/mol. The van der Waals surface area contributed by atoms with Crippen LogP contribution in [0.2, 0.25) is 0 Å².